The molecule has 1 amide bonds. The van der Waals surface area contributed by atoms with Crippen LogP contribution >= 0.6 is 0 Å². The second-order valence-corrected chi connectivity index (χ2v) is 5.48. The van der Waals surface area contributed by atoms with Gasteiger partial charge in [-0.15, -0.1) is 0 Å². The lowest BCUT2D eigenvalue weighted by Crippen LogP contribution is -2.49. The summed E-state index contributed by atoms with van der Waals surface area (Å²) in [6, 6.07) is 6.29. The molecule has 2 rings (SSSR count). The highest BCUT2D eigenvalue weighted by atomic mass is 19.1. The third-order valence-corrected chi connectivity index (χ3v) is 4.16. The van der Waals surface area contributed by atoms with Crippen molar-refractivity contribution in [3.63, 3.8) is 0 Å². The number of aliphatic hydroxyl groups excluding tert-OH is 1. The number of carbonyl (C=O) groups excluding carboxylic acids is 1. The Labute approximate surface area is 119 Å². The van der Waals surface area contributed by atoms with Gasteiger partial charge in [-0.1, -0.05) is 18.6 Å². The third-order valence-electron chi connectivity index (χ3n) is 4.16. The van der Waals surface area contributed by atoms with Crippen LogP contribution in [0, 0.1) is 5.82 Å². The van der Waals surface area contributed by atoms with Crippen molar-refractivity contribution in [2.75, 3.05) is 13.2 Å². The van der Waals surface area contributed by atoms with Crippen molar-refractivity contribution in [2.45, 2.75) is 43.9 Å². The molecule has 0 saturated heterocycles. The van der Waals surface area contributed by atoms with E-state index >= 15 is 0 Å². The average molecular weight is 279 g/mol. The zero-order valence-corrected chi connectivity index (χ0v) is 11.7. The summed E-state index contributed by atoms with van der Waals surface area (Å²) in [7, 11) is 0. The molecule has 0 heterocycles. The van der Waals surface area contributed by atoms with Gasteiger partial charge in [-0.3, -0.25) is 4.79 Å². The van der Waals surface area contributed by atoms with E-state index in [-0.39, 0.29) is 18.3 Å². The number of halogens is 1. The minimum Gasteiger partial charge on any atom is -0.396 e. The highest BCUT2D eigenvalue weighted by Gasteiger charge is 2.45. The molecule has 1 saturated carbocycles. The number of aliphatic hydroxyl groups is 1. The van der Waals surface area contributed by atoms with Crippen molar-refractivity contribution in [1.82, 2.24) is 5.32 Å². The van der Waals surface area contributed by atoms with Crippen LogP contribution in [0.4, 0.5) is 4.39 Å². The number of benzene rings is 1. The van der Waals surface area contributed by atoms with E-state index in [1.807, 2.05) is 0 Å². The minimum absolute atomic E-state index is 0.0550. The van der Waals surface area contributed by atoms with Crippen LogP contribution in [0.2, 0.25) is 0 Å². The summed E-state index contributed by atoms with van der Waals surface area (Å²) >= 11 is 0. The fraction of sp³-hybridized carbons (Fsp3) is 0.562. The zero-order chi connectivity index (χ0) is 14.4. The van der Waals surface area contributed by atoms with Gasteiger partial charge in [-0.2, -0.15) is 0 Å². The summed E-state index contributed by atoms with van der Waals surface area (Å²) < 4.78 is 13.0. The fourth-order valence-corrected chi connectivity index (χ4v) is 2.73. The van der Waals surface area contributed by atoms with Gasteiger partial charge in [0.05, 0.1) is 5.41 Å². The van der Waals surface area contributed by atoms with Crippen LogP contribution in [0.5, 0.6) is 0 Å². The van der Waals surface area contributed by atoms with Gasteiger partial charge < -0.3 is 10.4 Å². The van der Waals surface area contributed by atoms with E-state index in [1.165, 1.54) is 12.1 Å². The van der Waals surface area contributed by atoms with Crippen LogP contribution in [0.15, 0.2) is 24.3 Å². The highest BCUT2D eigenvalue weighted by molar-refractivity contribution is 5.89. The van der Waals surface area contributed by atoms with E-state index in [0.717, 1.165) is 44.1 Å². The van der Waals surface area contributed by atoms with Crippen LogP contribution in [-0.4, -0.2) is 24.2 Å². The van der Waals surface area contributed by atoms with Crippen LogP contribution in [0.1, 0.15) is 44.1 Å². The summed E-state index contributed by atoms with van der Waals surface area (Å²) in [4.78, 5) is 12.4. The van der Waals surface area contributed by atoms with E-state index in [2.05, 4.69) is 5.32 Å². The van der Waals surface area contributed by atoms with E-state index in [1.54, 1.807) is 12.1 Å². The summed E-state index contributed by atoms with van der Waals surface area (Å²) in [6.45, 7) is 0.843. The normalized spacial score (nSPS) is 16.5. The molecule has 110 valence electrons. The maximum absolute atomic E-state index is 13.0. The Morgan fingerprint density at radius 2 is 1.90 bits per heavy atom. The van der Waals surface area contributed by atoms with E-state index in [4.69, 9.17) is 5.11 Å². The lowest BCUT2D eigenvalue weighted by Gasteiger charge is -2.40. The Bertz CT molecular complexity index is 440. The zero-order valence-electron chi connectivity index (χ0n) is 11.7. The van der Waals surface area contributed by atoms with E-state index in [0.29, 0.717) is 6.54 Å². The lowest BCUT2D eigenvalue weighted by atomic mass is 9.64. The van der Waals surface area contributed by atoms with Crippen molar-refractivity contribution in [3.8, 4) is 0 Å². The quantitative estimate of drug-likeness (QED) is 0.754. The highest BCUT2D eigenvalue weighted by Crippen LogP contribution is 2.43. The second kappa shape index (κ2) is 6.84. The predicted molar refractivity (Wildman–Crippen MR) is 75.9 cm³/mol. The molecule has 3 nitrogen and oxygen atoms in total. The molecule has 0 aromatic heterocycles. The molecule has 1 aliphatic rings. The topological polar surface area (TPSA) is 49.3 Å². The molecule has 2 N–H and O–H groups in total. The molecule has 1 fully saturated rings. The van der Waals surface area contributed by atoms with Gasteiger partial charge in [0.25, 0.3) is 0 Å². The Kier molecular flexibility index (Phi) is 5.12. The Morgan fingerprint density at radius 3 is 2.45 bits per heavy atom. The van der Waals surface area contributed by atoms with Crippen LogP contribution < -0.4 is 5.32 Å². The molecule has 0 radical (unpaired) electrons. The smallest absolute Gasteiger partial charge is 0.230 e. The predicted octanol–water partition coefficient (Wildman–Crippen LogP) is 2.53. The van der Waals surface area contributed by atoms with Crippen molar-refractivity contribution in [2.24, 2.45) is 0 Å². The molecular formula is C16H22FNO2. The molecule has 1 aliphatic carbocycles. The van der Waals surface area contributed by atoms with Gasteiger partial charge in [0, 0.05) is 13.2 Å². The monoisotopic (exact) mass is 279 g/mol. The summed E-state index contributed by atoms with van der Waals surface area (Å²) in [5.41, 5.74) is 0.461. The number of hydrogen-bond donors (Lipinski definition) is 2. The first-order chi connectivity index (χ1) is 9.69. The molecule has 0 bridgehead atoms. The first-order valence-corrected chi connectivity index (χ1v) is 7.34. The molecule has 20 heavy (non-hydrogen) atoms. The summed E-state index contributed by atoms with van der Waals surface area (Å²) in [6.07, 6.45) is 5.28. The standard InChI is InChI=1S/C16H22FNO2/c17-14-7-5-13(6-8-14)16(9-4-10-16)15(20)18-11-2-1-3-12-19/h5-8,19H,1-4,9-12H2,(H,18,20). The molecule has 0 unspecified atom stereocenters. The molecule has 0 aliphatic heterocycles. The van der Waals surface area contributed by atoms with E-state index in [9.17, 15) is 9.18 Å². The lowest BCUT2D eigenvalue weighted by molar-refractivity contribution is -0.129. The van der Waals surface area contributed by atoms with Crippen molar-refractivity contribution >= 4 is 5.91 Å². The maximum atomic E-state index is 13.0. The second-order valence-electron chi connectivity index (χ2n) is 5.48. The minimum atomic E-state index is -0.454. The van der Waals surface area contributed by atoms with Crippen molar-refractivity contribution in [3.05, 3.63) is 35.6 Å². The molecule has 1 aromatic rings. The molecule has 4 heteroatoms. The fourth-order valence-electron chi connectivity index (χ4n) is 2.73. The SMILES string of the molecule is O=C(NCCCCCO)C1(c2ccc(F)cc2)CCC1. The van der Waals surface area contributed by atoms with Gasteiger partial charge in [-0.05, 0) is 49.8 Å². The number of nitrogens with one attached hydrogen (secondary N) is 1. The van der Waals surface area contributed by atoms with Crippen LogP contribution in [0.25, 0.3) is 0 Å². The Balaban J connectivity index is 1.93. The first-order valence-electron chi connectivity index (χ1n) is 7.34. The van der Waals surface area contributed by atoms with Crippen molar-refractivity contribution in [1.29, 1.82) is 0 Å². The maximum Gasteiger partial charge on any atom is 0.230 e. The number of carbonyl (C=O) groups is 1. The van der Waals surface area contributed by atoms with Crippen LogP contribution in [0.3, 0.4) is 0 Å². The number of hydrogen-bond acceptors (Lipinski definition) is 2. The van der Waals surface area contributed by atoms with Gasteiger partial charge in [0.1, 0.15) is 5.82 Å². The van der Waals surface area contributed by atoms with Gasteiger partial charge in [0.2, 0.25) is 5.91 Å². The van der Waals surface area contributed by atoms with Gasteiger partial charge in [-0.25, -0.2) is 4.39 Å². The number of rotatable bonds is 7. The summed E-state index contributed by atoms with van der Waals surface area (Å²) in [5, 5.41) is 11.7. The number of unbranched alkanes of at least 4 members (excludes halogenated alkanes) is 2. The Morgan fingerprint density at radius 1 is 1.20 bits per heavy atom. The molecular weight excluding hydrogens is 257 g/mol. The molecule has 1 aromatic carbocycles. The summed E-state index contributed by atoms with van der Waals surface area (Å²) in [5.74, 6) is -0.216. The molecule has 0 spiro atoms. The largest absolute Gasteiger partial charge is 0.396 e. The third kappa shape index (κ3) is 3.18. The van der Waals surface area contributed by atoms with Gasteiger partial charge >= 0.3 is 0 Å². The number of amides is 1. The molecule has 0 atom stereocenters. The Hall–Kier alpha value is -1.42. The van der Waals surface area contributed by atoms with Crippen molar-refractivity contribution < 1.29 is 14.3 Å². The van der Waals surface area contributed by atoms with Crippen LogP contribution in [-0.2, 0) is 10.2 Å². The first kappa shape index (κ1) is 15.0. The van der Waals surface area contributed by atoms with E-state index < -0.39 is 5.41 Å². The average Bonchev–Trinajstić information content (AvgIpc) is 2.39. The van der Waals surface area contributed by atoms with Gasteiger partial charge in [0.15, 0.2) is 0 Å².